The van der Waals surface area contributed by atoms with Crippen molar-refractivity contribution < 1.29 is 4.79 Å². The van der Waals surface area contributed by atoms with Crippen LogP contribution in [0.2, 0.25) is 0 Å². The second kappa shape index (κ2) is 10.9. The SMILES string of the molecule is CCN(CC)CCN(CC(=O)Nc1ccccc1C)Cc1ccc2ccccc2c1. The Labute approximate surface area is 180 Å². The van der Waals surface area contributed by atoms with Crippen molar-refractivity contribution in [3.8, 4) is 0 Å². The minimum atomic E-state index is 0.0321. The molecule has 1 N–H and O–H groups in total. The van der Waals surface area contributed by atoms with E-state index in [0.29, 0.717) is 6.54 Å². The van der Waals surface area contributed by atoms with Gasteiger partial charge in [0.05, 0.1) is 6.54 Å². The molecule has 3 rings (SSSR count). The number of hydrogen-bond donors (Lipinski definition) is 1. The molecular weight excluding hydrogens is 370 g/mol. The van der Waals surface area contributed by atoms with Gasteiger partial charge in [-0.25, -0.2) is 0 Å². The lowest BCUT2D eigenvalue weighted by Crippen LogP contribution is -2.39. The summed E-state index contributed by atoms with van der Waals surface area (Å²) in [4.78, 5) is 17.4. The van der Waals surface area contributed by atoms with Crippen LogP contribution in [0.4, 0.5) is 5.69 Å². The summed E-state index contributed by atoms with van der Waals surface area (Å²) in [6, 6.07) is 22.9. The van der Waals surface area contributed by atoms with E-state index in [1.807, 2.05) is 31.2 Å². The summed E-state index contributed by atoms with van der Waals surface area (Å²) in [6.45, 7) is 11.4. The summed E-state index contributed by atoms with van der Waals surface area (Å²) in [5.41, 5.74) is 3.20. The molecular formula is C26H33N3O. The maximum Gasteiger partial charge on any atom is 0.238 e. The third kappa shape index (κ3) is 6.15. The van der Waals surface area contributed by atoms with Crippen molar-refractivity contribution in [3.63, 3.8) is 0 Å². The molecule has 0 spiro atoms. The van der Waals surface area contributed by atoms with Gasteiger partial charge >= 0.3 is 0 Å². The van der Waals surface area contributed by atoms with E-state index in [1.165, 1.54) is 16.3 Å². The molecule has 3 aromatic carbocycles. The van der Waals surface area contributed by atoms with Gasteiger partial charge in [0.25, 0.3) is 0 Å². The molecule has 0 radical (unpaired) electrons. The molecule has 0 aliphatic rings. The summed E-state index contributed by atoms with van der Waals surface area (Å²) in [5, 5.41) is 5.56. The lowest BCUT2D eigenvalue weighted by Gasteiger charge is -2.26. The minimum absolute atomic E-state index is 0.0321. The first-order valence-electron chi connectivity index (χ1n) is 10.9. The van der Waals surface area contributed by atoms with E-state index in [1.54, 1.807) is 0 Å². The van der Waals surface area contributed by atoms with Gasteiger partial charge in [-0.15, -0.1) is 0 Å². The first-order chi connectivity index (χ1) is 14.6. The van der Waals surface area contributed by atoms with Crippen molar-refractivity contribution in [1.29, 1.82) is 0 Å². The second-order valence-corrected chi connectivity index (χ2v) is 7.78. The molecule has 0 unspecified atom stereocenters. The molecule has 0 atom stereocenters. The number of benzene rings is 3. The third-order valence-corrected chi connectivity index (χ3v) is 5.63. The summed E-state index contributed by atoms with van der Waals surface area (Å²) in [7, 11) is 0. The lowest BCUT2D eigenvalue weighted by molar-refractivity contribution is -0.117. The Morgan fingerprint density at radius 2 is 1.50 bits per heavy atom. The molecule has 4 nitrogen and oxygen atoms in total. The van der Waals surface area contributed by atoms with Gasteiger partial charge in [0.1, 0.15) is 0 Å². The van der Waals surface area contributed by atoms with E-state index in [2.05, 4.69) is 71.4 Å². The Morgan fingerprint density at radius 3 is 2.23 bits per heavy atom. The molecule has 0 aliphatic heterocycles. The zero-order valence-corrected chi connectivity index (χ0v) is 18.4. The number of carbonyl (C=O) groups is 1. The van der Waals surface area contributed by atoms with E-state index >= 15 is 0 Å². The number of fused-ring (bicyclic) bond motifs is 1. The Kier molecular flexibility index (Phi) is 8.00. The smallest absolute Gasteiger partial charge is 0.238 e. The van der Waals surface area contributed by atoms with Crippen LogP contribution in [0, 0.1) is 6.92 Å². The van der Waals surface area contributed by atoms with E-state index < -0.39 is 0 Å². The molecule has 0 aliphatic carbocycles. The quantitative estimate of drug-likeness (QED) is 0.521. The highest BCUT2D eigenvalue weighted by atomic mass is 16.2. The van der Waals surface area contributed by atoms with Crippen molar-refractivity contribution in [2.45, 2.75) is 27.3 Å². The van der Waals surface area contributed by atoms with Crippen molar-refractivity contribution in [3.05, 3.63) is 77.9 Å². The highest BCUT2D eigenvalue weighted by Crippen LogP contribution is 2.17. The Morgan fingerprint density at radius 1 is 0.833 bits per heavy atom. The summed E-state index contributed by atoms with van der Waals surface area (Å²) >= 11 is 0. The monoisotopic (exact) mass is 403 g/mol. The van der Waals surface area contributed by atoms with Crippen LogP contribution in [0.25, 0.3) is 10.8 Å². The molecule has 0 fully saturated rings. The molecule has 0 saturated carbocycles. The largest absolute Gasteiger partial charge is 0.325 e. The highest BCUT2D eigenvalue weighted by Gasteiger charge is 2.14. The molecule has 0 bridgehead atoms. The molecule has 1 amide bonds. The molecule has 158 valence electrons. The third-order valence-electron chi connectivity index (χ3n) is 5.63. The van der Waals surface area contributed by atoms with Gasteiger partial charge < -0.3 is 10.2 Å². The van der Waals surface area contributed by atoms with Crippen LogP contribution in [0.15, 0.2) is 66.7 Å². The molecule has 0 saturated heterocycles. The van der Waals surface area contributed by atoms with E-state index in [9.17, 15) is 4.79 Å². The molecule has 4 heteroatoms. The number of para-hydroxylation sites is 1. The van der Waals surface area contributed by atoms with Gasteiger partial charge in [-0.1, -0.05) is 68.4 Å². The Bertz CT molecular complexity index is 965. The van der Waals surface area contributed by atoms with E-state index in [4.69, 9.17) is 0 Å². The molecule has 3 aromatic rings. The number of carbonyl (C=O) groups excluding carboxylic acids is 1. The first kappa shape index (κ1) is 22.0. The fourth-order valence-electron chi connectivity index (χ4n) is 3.74. The molecule has 30 heavy (non-hydrogen) atoms. The van der Waals surface area contributed by atoms with Crippen LogP contribution >= 0.6 is 0 Å². The number of amides is 1. The maximum absolute atomic E-state index is 12.8. The highest BCUT2D eigenvalue weighted by molar-refractivity contribution is 5.93. The number of anilines is 1. The maximum atomic E-state index is 12.8. The van der Waals surface area contributed by atoms with Crippen molar-refractivity contribution >= 4 is 22.4 Å². The van der Waals surface area contributed by atoms with Gasteiger partial charge in [0, 0.05) is 25.3 Å². The zero-order valence-electron chi connectivity index (χ0n) is 18.4. The van der Waals surface area contributed by atoms with Crippen LogP contribution in [-0.2, 0) is 11.3 Å². The van der Waals surface area contributed by atoms with Gasteiger partial charge in [-0.3, -0.25) is 9.69 Å². The molecule has 0 heterocycles. The predicted molar refractivity (Wildman–Crippen MR) is 127 cm³/mol. The topological polar surface area (TPSA) is 35.6 Å². The summed E-state index contributed by atoms with van der Waals surface area (Å²) in [5.74, 6) is 0.0321. The number of nitrogens with one attached hydrogen (secondary N) is 1. The van der Waals surface area contributed by atoms with Crippen molar-refractivity contribution in [2.75, 3.05) is 38.0 Å². The van der Waals surface area contributed by atoms with Crippen LogP contribution < -0.4 is 5.32 Å². The summed E-state index contributed by atoms with van der Waals surface area (Å²) < 4.78 is 0. The minimum Gasteiger partial charge on any atom is -0.325 e. The van der Waals surface area contributed by atoms with Crippen LogP contribution in [0.1, 0.15) is 25.0 Å². The average molecular weight is 404 g/mol. The number of aryl methyl sites for hydroxylation is 1. The lowest BCUT2D eigenvalue weighted by atomic mass is 10.1. The number of likely N-dealkylation sites (N-methyl/N-ethyl adjacent to an activating group) is 1. The Balaban J connectivity index is 1.71. The van der Waals surface area contributed by atoms with Crippen molar-refractivity contribution in [1.82, 2.24) is 9.80 Å². The number of hydrogen-bond acceptors (Lipinski definition) is 3. The second-order valence-electron chi connectivity index (χ2n) is 7.78. The predicted octanol–water partition coefficient (Wildman–Crippen LogP) is 4.93. The fraction of sp³-hybridized carbons (Fsp3) is 0.346. The van der Waals surface area contributed by atoms with Crippen LogP contribution in [0.3, 0.4) is 0 Å². The standard InChI is InChI=1S/C26H33N3O/c1-4-28(5-2)16-17-29(20-26(30)27-25-13-9-6-10-21(25)3)19-22-14-15-23-11-7-8-12-24(23)18-22/h6-15,18H,4-5,16-17,19-20H2,1-3H3,(H,27,30). The van der Waals surface area contributed by atoms with Gasteiger partial charge in [0.15, 0.2) is 0 Å². The average Bonchev–Trinajstić information content (AvgIpc) is 2.76. The van der Waals surface area contributed by atoms with Gasteiger partial charge in [-0.05, 0) is 54.0 Å². The summed E-state index contributed by atoms with van der Waals surface area (Å²) in [6.07, 6.45) is 0. The fourth-order valence-corrected chi connectivity index (χ4v) is 3.74. The van der Waals surface area contributed by atoms with E-state index in [-0.39, 0.29) is 5.91 Å². The first-order valence-corrected chi connectivity index (χ1v) is 10.9. The zero-order chi connectivity index (χ0) is 21.3. The Hall–Kier alpha value is -2.69. The van der Waals surface area contributed by atoms with Gasteiger partial charge in [-0.2, -0.15) is 0 Å². The number of rotatable bonds is 10. The van der Waals surface area contributed by atoms with Crippen LogP contribution in [-0.4, -0.2) is 48.4 Å². The van der Waals surface area contributed by atoms with E-state index in [0.717, 1.165) is 44.0 Å². The number of nitrogens with zero attached hydrogens (tertiary/aromatic N) is 2. The van der Waals surface area contributed by atoms with Crippen molar-refractivity contribution in [2.24, 2.45) is 0 Å². The molecule has 0 aromatic heterocycles. The van der Waals surface area contributed by atoms with Gasteiger partial charge in [0.2, 0.25) is 5.91 Å². The van der Waals surface area contributed by atoms with Crippen LogP contribution in [0.5, 0.6) is 0 Å². The normalized spacial score (nSPS) is 11.4.